The van der Waals surface area contributed by atoms with Gasteiger partial charge in [0.1, 0.15) is 5.82 Å². The van der Waals surface area contributed by atoms with Gasteiger partial charge in [-0.1, -0.05) is 0 Å². The number of pyridine rings is 1. The van der Waals surface area contributed by atoms with Crippen molar-refractivity contribution >= 4 is 11.7 Å². The molecule has 0 radical (unpaired) electrons. The van der Waals surface area contributed by atoms with Crippen LogP contribution >= 0.6 is 0 Å². The number of amides is 1. The molecule has 2 saturated heterocycles. The average molecular weight is 299 g/mol. The molecule has 0 aromatic carbocycles. The minimum Gasteiger partial charge on any atom is -0.353 e. The number of aromatic nitrogens is 1. The second-order valence-electron chi connectivity index (χ2n) is 5.87. The Balaban J connectivity index is 1.57. The molecule has 1 N–H and O–H groups in total. The number of hydrogen-bond acceptors (Lipinski definition) is 5. The lowest BCUT2D eigenvalue weighted by atomic mass is 9.98. The summed E-state index contributed by atoms with van der Waals surface area (Å²) in [5, 5.41) is 12.3. The summed E-state index contributed by atoms with van der Waals surface area (Å²) < 4.78 is 0. The van der Waals surface area contributed by atoms with Gasteiger partial charge < -0.3 is 15.1 Å². The Kier molecular flexibility index (Phi) is 4.54. The van der Waals surface area contributed by atoms with Gasteiger partial charge in [0.25, 0.3) is 0 Å². The van der Waals surface area contributed by atoms with Crippen LogP contribution in [0, 0.1) is 17.2 Å². The van der Waals surface area contributed by atoms with Crippen LogP contribution in [0.2, 0.25) is 0 Å². The number of carbonyl (C=O) groups excluding carboxylic acids is 1. The lowest BCUT2D eigenvalue weighted by Crippen LogP contribution is -2.52. The number of rotatable bonds is 2. The Bertz CT molecular complexity index is 568. The SMILES string of the molecule is N#Cc1ccnc(N2CCN(C(=O)C3CCCNC3)CC2)c1. The quantitative estimate of drug-likeness (QED) is 0.866. The van der Waals surface area contributed by atoms with Crippen LogP contribution in [0.5, 0.6) is 0 Å². The number of hydrogen-bond donors (Lipinski definition) is 1. The minimum absolute atomic E-state index is 0.139. The highest BCUT2D eigenvalue weighted by atomic mass is 16.2. The lowest BCUT2D eigenvalue weighted by Gasteiger charge is -2.37. The molecule has 1 aromatic rings. The zero-order valence-corrected chi connectivity index (χ0v) is 12.7. The molecule has 2 aliphatic heterocycles. The maximum absolute atomic E-state index is 12.5. The fourth-order valence-corrected chi connectivity index (χ4v) is 3.14. The topological polar surface area (TPSA) is 72.3 Å². The summed E-state index contributed by atoms with van der Waals surface area (Å²) in [4.78, 5) is 21.0. The van der Waals surface area contributed by atoms with E-state index in [0.29, 0.717) is 5.56 Å². The van der Waals surface area contributed by atoms with Gasteiger partial charge in [0.15, 0.2) is 0 Å². The lowest BCUT2D eigenvalue weighted by molar-refractivity contribution is -0.136. The van der Waals surface area contributed by atoms with E-state index < -0.39 is 0 Å². The number of anilines is 1. The van der Waals surface area contributed by atoms with Gasteiger partial charge in [-0.3, -0.25) is 4.79 Å². The number of nitriles is 1. The van der Waals surface area contributed by atoms with Gasteiger partial charge in [-0.05, 0) is 31.5 Å². The number of nitrogens with one attached hydrogen (secondary N) is 1. The molecule has 0 bridgehead atoms. The Morgan fingerprint density at radius 3 is 2.86 bits per heavy atom. The van der Waals surface area contributed by atoms with E-state index in [9.17, 15) is 4.79 Å². The molecular weight excluding hydrogens is 278 g/mol. The Labute approximate surface area is 130 Å². The molecule has 1 amide bonds. The standard InChI is InChI=1S/C16H21N5O/c17-11-13-3-5-19-15(10-13)20-6-8-21(9-7-20)16(22)14-2-1-4-18-12-14/h3,5,10,14,18H,1-2,4,6-9,12H2. The third-order valence-corrected chi connectivity index (χ3v) is 4.44. The highest BCUT2D eigenvalue weighted by Gasteiger charge is 2.28. The summed E-state index contributed by atoms with van der Waals surface area (Å²) in [5.41, 5.74) is 0.622. The summed E-state index contributed by atoms with van der Waals surface area (Å²) >= 11 is 0. The van der Waals surface area contributed by atoms with E-state index in [1.807, 2.05) is 11.0 Å². The van der Waals surface area contributed by atoms with Crippen LogP contribution in [-0.2, 0) is 4.79 Å². The second kappa shape index (κ2) is 6.75. The molecule has 22 heavy (non-hydrogen) atoms. The normalized spacial score (nSPS) is 22.2. The van der Waals surface area contributed by atoms with E-state index >= 15 is 0 Å². The van der Waals surface area contributed by atoms with Crippen molar-refractivity contribution in [1.29, 1.82) is 5.26 Å². The zero-order valence-electron chi connectivity index (χ0n) is 12.7. The average Bonchev–Trinajstić information content (AvgIpc) is 2.62. The molecule has 116 valence electrons. The molecule has 6 heteroatoms. The molecular formula is C16H21N5O. The third kappa shape index (κ3) is 3.20. The van der Waals surface area contributed by atoms with Gasteiger partial charge in [-0.25, -0.2) is 4.98 Å². The summed E-state index contributed by atoms with van der Waals surface area (Å²) in [6, 6.07) is 5.65. The van der Waals surface area contributed by atoms with E-state index in [1.165, 1.54) is 0 Å². The Morgan fingerprint density at radius 2 is 2.18 bits per heavy atom. The maximum Gasteiger partial charge on any atom is 0.227 e. The first kappa shape index (κ1) is 14.8. The molecule has 1 atom stereocenters. The van der Waals surface area contributed by atoms with Gasteiger partial charge in [0, 0.05) is 38.9 Å². The van der Waals surface area contributed by atoms with Gasteiger partial charge >= 0.3 is 0 Å². The van der Waals surface area contributed by atoms with E-state index in [0.717, 1.165) is 57.9 Å². The molecule has 0 saturated carbocycles. The highest BCUT2D eigenvalue weighted by molar-refractivity contribution is 5.79. The molecule has 1 aromatic heterocycles. The van der Waals surface area contributed by atoms with E-state index in [-0.39, 0.29) is 11.8 Å². The molecule has 0 aliphatic carbocycles. The van der Waals surface area contributed by atoms with Crippen LogP contribution in [0.1, 0.15) is 18.4 Å². The molecule has 1 unspecified atom stereocenters. The zero-order chi connectivity index (χ0) is 15.4. The molecule has 2 aliphatic rings. The first-order valence-electron chi connectivity index (χ1n) is 7.88. The molecule has 2 fully saturated rings. The maximum atomic E-state index is 12.5. The Morgan fingerprint density at radius 1 is 1.36 bits per heavy atom. The first-order chi connectivity index (χ1) is 10.8. The van der Waals surface area contributed by atoms with Gasteiger partial charge in [-0.15, -0.1) is 0 Å². The fraction of sp³-hybridized carbons (Fsp3) is 0.562. The smallest absolute Gasteiger partial charge is 0.227 e. The summed E-state index contributed by atoms with van der Waals surface area (Å²) in [6.45, 7) is 4.84. The second-order valence-corrected chi connectivity index (χ2v) is 5.87. The van der Waals surface area contributed by atoms with Crippen molar-refractivity contribution in [3.05, 3.63) is 23.9 Å². The van der Waals surface area contributed by atoms with E-state index in [2.05, 4.69) is 21.3 Å². The fourth-order valence-electron chi connectivity index (χ4n) is 3.14. The van der Waals surface area contributed by atoms with Crippen LogP contribution in [0.25, 0.3) is 0 Å². The van der Waals surface area contributed by atoms with Gasteiger partial charge in [-0.2, -0.15) is 5.26 Å². The van der Waals surface area contributed by atoms with Crippen molar-refractivity contribution in [1.82, 2.24) is 15.2 Å². The predicted octanol–water partition coefficient (Wildman–Crippen LogP) is 0.601. The van der Waals surface area contributed by atoms with Crippen LogP contribution in [0.3, 0.4) is 0 Å². The number of nitrogens with zero attached hydrogens (tertiary/aromatic N) is 4. The number of carbonyl (C=O) groups is 1. The van der Waals surface area contributed by atoms with Crippen LogP contribution in [-0.4, -0.2) is 55.1 Å². The minimum atomic E-state index is 0.139. The van der Waals surface area contributed by atoms with Crippen LogP contribution in [0.15, 0.2) is 18.3 Å². The first-order valence-corrected chi connectivity index (χ1v) is 7.88. The largest absolute Gasteiger partial charge is 0.353 e. The number of piperidine rings is 1. The monoisotopic (exact) mass is 299 g/mol. The predicted molar refractivity (Wildman–Crippen MR) is 83.3 cm³/mol. The van der Waals surface area contributed by atoms with Crippen LogP contribution in [0.4, 0.5) is 5.82 Å². The van der Waals surface area contributed by atoms with Crippen LogP contribution < -0.4 is 10.2 Å². The third-order valence-electron chi connectivity index (χ3n) is 4.44. The van der Waals surface area contributed by atoms with Crippen molar-refractivity contribution in [3.63, 3.8) is 0 Å². The molecule has 3 heterocycles. The Hall–Kier alpha value is -2.13. The van der Waals surface area contributed by atoms with E-state index in [1.54, 1.807) is 12.3 Å². The molecule has 3 rings (SSSR count). The highest BCUT2D eigenvalue weighted by Crippen LogP contribution is 2.18. The summed E-state index contributed by atoms with van der Waals surface area (Å²) in [5.74, 6) is 1.25. The van der Waals surface area contributed by atoms with E-state index in [4.69, 9.17) is 5.26 Å². The van der Waals surface area contributed by atoms with Crippen molar-refractivity contribution in [3.8, 4) is 6.07 Å². The van der Waals surface area contributed by atoms with Crippen molar-refractivity contribution in [2.75, 3.05) is 44.2 Å². The molecule has 6 nitrogen and oxygen atoms in total. The number of piperazine rings is 1. The van der Waals surface area contributed by atoms with Crippen molar-refractivity contribution in [2.24, 2.45) is 5.92 Å². The molecule has 0 spiro atoms. The summed E-state index contributed by atoms with van der Waals surface area (Å²) in [6.07, 6.45) is 3.75. The van der Waals surface area contributed by atoms with Crippen molar-refractivity contribution in [2.45, 2.75) is 12.8 Å². The van der Waals surface area contributed by atoms with Crippen molar-refractivity contribution < 1.29 is 4.79 Å². The van der Waals surface area contributed by atoms with Gasteiger partial charge in [0.05, 0.1) is 17.6 Å². The summed E-state index contributed by atoms with van der Waals surface area (Å²) in [7, 11) is 0. The van der Waals surface area contributed by atoms with Gasteiger partial charge in [0.2, 0.25) is 5.91 Å².